The van der Waals surface area contributed by atoms with Gasteiger partial charge in [-0.3, -0.25) is 4.79 Å². The molecule has 23 heavy (non-hydrogen) atoms. The smallest absolute Gasteiger partial charge is 0.246 e. The van der Waals surface area contributed by atoms with E-state index >= 15 is 0 Å². The van der Waals surface area contributed by atoms with Crippen LogP contribution < -0.4 is 5.32 Å². The number of carbonyl (C=O) groups is 1. The molecular weight excluding hydrogens is 304 g/mol. The van der Waals surface area contributed by atoms with E-state index in [-0.39, 0.29) is 30.1 Å². The molecule has 1 aromatic carbocycles. The Balaban J connectivity index is 1.54. The topological polar surface area (TPSA) is 47.6 Å². The largest absolute Gasteiger partial charge is 0.376 e. The van der Waals surface area contributed by atoms with E-state index in [9.17, 15) is 13.6 Å². The first kappa shape index (κ1) is 16.3. The molecule has 0 aromatic heterocycles. The molecule has 2 atom stereocenters. The van der Waals surface area contributed by atoms with E-state index in [1.807, 2.05) is 0 Å². The number of ether oxygens (including phenoxy) is 2. The van der Waals surface area contributed by atoms with Gasteiger partial charge in [0.2, 0.25) is 5.91 Å². The van der Waals surface area contributed by atoms with E-state index in [0.29, 0.717) is 6.61 Å². The fourth-order valence-electron chi connectivity index (χ4n) is 2.91. The van der Waals surface area contributed by atoms with Gasteiger partial charge in [0.1, 0.15) is 18.2 Å². The highest BCUT2D eigenvalue weighted by atomic mass is 19.1. The summed E-state index contributed by atoms with van der Waals surface area (Å²) in [6, 6.07) is 2.84. The number of nitrogens with one attached hydrogen (secondary N) is 1. The van der Waals surface area contributed by atoms with Crippen molar-refractivity contribution in [3.63, 3.8) is 0 Å². The van der Waals surface area contributed by atoms with Crippen LogP contribution in [0.15, 0.2) is 18.2 Å². The van der Waals surface area contributed by atoms with Gasteiger partial charge in [-0.05, 0) is 49.8 Å². The fraction of sp³-hybridized carbons (Fsp3) is 0.588. The highest BCUT2D eigenvalue weighted by Gasteiger charge is 2.35. The van der Waals surface area contributed by atoms with Crippen LogP contribution in [0, 0.1) is 17.6 Å². The van der Waals surface area contributed by atoms with Crippen molar-refractivity contribution < 1.29 is 23.0 Å². The van der Waals surface area contributed by atoms with Crippen molar-refractivity contribution in [3.05, 3.63) is 35.4 Å². The molecule has 6 heteroatoms. The normalized spacial score (nSPS) is 22.1. The average molecular weight is 325 g/mol. The molecule has 0 bridgehead atoms. The van der Waals surface area contributed by atoms with Crippen molar-refractivity contribution >= 4 is 5.91 Å². The summed E-state index contributed by atoms with van der Waals surface area (Å²) in [5.41, 5.74) is 0.208. The van der Waals surface area contributed by atoms with Crippen molar-refractivity contribution in [1.82, 2.24) is 5.32 Å². The predicted molar refractivity (Wildman–Crippen MR) is 79.8 cm³/mol. The summed E-state index contributed by atoms with van der Waals surface area (Å²) in [6.45, 7) is 1.03. The van der Waals surface area contributed by atoms with Crippen molar-refractivity contribution in [3.8, 4) is 0 Å². The van der Waals surface area contributed by atoms with Gasteiger partial charge in [-0.25, -0.2) is 8.78 Å². The summed E-state index contributed by atoms with van der Waals surface area (Å²) in [5, 5.41) is 2.78. The molecule has 1 aliphatic heterocycles. The van der Waals surface area contributed by atoms with E-state index in [1.165, 1.54) is 0 Å². The molecule has 1 saturated carbocycles. The Labute approximate surface area is 134 Å². The first-order valence-electron chi connectivity index (χ1n) is 8.07. The van der Waals surface area contributed by atoms with E-state index in [0.717, 1.165) is 50.5 Å². The second-order valence-electron chi connectivity index (χ2n) is 6.20. The van der Waals surface area contributed by atoms with Gasteiger partial charge in [-0.1, -0.05) is 0 Å². The minimum Gasteiger partial charge on any atom is -0.376 e. The summed E-state index contributed by atoms with van der Waals surface area (Å²) in [5.74, 6) is -1.16. The maximum Gasteiger partial charge on any atom is 0.246 e. The molecule has 4 nitrogen and oxygen atoms in total. The SMILES string of the molecule is O=C(COC[C@@H]1CCCO1)N[C@@H](c1cc(F)ccc1F)C1CC1. The Hall–Kier alpha value is -1.53. The van der Waals surface area contributed by atoms with E-state index in [2.05, 4.69) is 5.32 Å². The van der Waals surface area contributed by atoms with Crippen LogP contribution in [0.4, 0.5) is 8.78 Å². The molecule has 0 unspecified atom stereocenters. The number of rotatable bonds is 7. The van der Waals surface area contributed by atoms with Crippen LogP contribution in [-0.2, 0) is 14.3 Å². The zero-order valence-corrected chi connectivity index (χ0v) is 12.9. The minimum absolute atomic E-state index is 0.0580. The average Bonchev–Trinajstić information content (AvgIpc) is 3.24. The third kappa shape index (κ3) is 4.48. The molecule has 2 aliphatic rings. The van der Waals surface area contributed by atoms with Crippen LogP contribution in [0.5, 0.6) is 0 Å². The van der Waals surface area contributed by atoms with E-state index in [1.54, 1.807) is 0 Å². The van der Waals surface area contributed by atoms with Gasteiger partial charge in [0.05, 0.1) is 18.8 Å². The van der Waals surface area contributed by atoms with Crippen LogP contribution in [-0.4, -0.2) is 31.8 Å². The lowest BCUT2D eigenvalue weighted by Crippen LogP contribution is -2.34. The number of hydrogen-bond acceptors (Lipinski definition) is 3. The molecule has 2 fully saturated rings. The van der Waals surface area contributed by atoms with Gasteiger partial charge in [0.25, 0.3) is 0 Å². The lowest BCUT2D eigenvalue weighted by atomic mass is 10.0. The molecule has 0 spiro atoms. The van der Waals surface area contributed by atoms with Gasteiger partial charge < -0.3 is 14.8 Å². The van der Waals surface area contributed by atoms with Gasteiger partial charge in [0.15, 0.2) is 0 Å². The highest BCUT2D eigenvalue weighted by molar-refractivity contribution is 5.77. The fourth-order valence-corrected chi connectivity index (χ4v) is 2.91. The van der Waals surface area contributed by atoms with Gasteiger partial charge in [-0.2, -0.15) is 0 Å². The zero-order valence-electron chi connectivity index (χ0n) is 12.9. The second-order valence-corrected chi connectivity index (χ2v) is 6.20. The molecule has 1 heterocycles. The molecular formula is C17H21F2NO3. The molecule has 1 aromatic rings. The third-order valence-electron chi connectivity index (χ3n) is 4.26. The monoisotopic (exact) mass is 325 g/mol. The molecule has 126 valence electrons. The number of hydrogen-bond donors (Lipinski definition) is 1. The number of benzene rings is 1. The summed E-state index contributed by atoms with van der Waals surface area (Å²) in [6.07, 6.45) is 3.82. The van der Waals surface area contributed by atoms with Crippen LogP contribution in [0.2, 0.25) is 0 Å². The first-order valence-corrected chi connectivity index (χ1v) is 8.07. The first-order chi connectivity index (χ1) is 11.1. The van der Waals surface area contributed by atoms with Gasteiger partial charge in [0, 0.05) is 12.2 Å². The van der Waals surface area contributed by atoms with Crippen LogP contribution >= 0.6 is 0 Å². The molecule has 3 rings (SSSR count). The van der Waals surface area contributed by atoms with Crippen LogP contribution in [0.3, 0.4) is 0 Å². The van der Waals surface area contributed by atoms with Gasteiger partial charge >= 0.3 is 0 Å². The minimum atomic E-state index is -0.504. The summed E-state index contributed by atoms with van der Waals surface area (Å²) in [4.78, 5) is 12.0. The highest BCUT2D eigenvalue weighted by Crippen LogP contribution is 2.41. The molecule has 1 aliphatic carbocycles. The van der Waals surface area contributed by atoms with E-state index in [4.69, 9.17) is 9.47 Å². The quantitative estimate of drug-likeness (QED) is 0.838. The van der Waals surface area contributed by atoms with Gasteiger partial charge in [-0.15, -0.1) is 0 Å². The maximum absolute atomic E-state index is 13.9. The molecule has 1 amide bonds. The predicted octanol–water partition coefficient (Wildman–Crippen LogP) is 2.73. The number of halogens is 2. The number of carbonyl (C=O) groups excluding carboxylic acids is 1. The standard InChI is InChI=1S/C17H21F2NO3/c18-12-5-6-15(19)14(8-12)17(11-3-4-11)20-16(21)10-22-9-13-2-1-7-23-13/h5-6,8,11,13,17H,1-4,7,9-10H2,(H,20,21)/t13-,17+/m0/s1. The van der Waals surface area contributed by atoms with Crippen LogP contribution in [0.1, 0.15) is 37.3 Å². The molecule has 1 N–H and O–H groups in total. The maximum atomic E-state index is 13.9. The Morgan fingerprint density at radius 3 is 2.87 bits per heavy atom. The molecule has 1 saturated heterocycles. The Kier molecular flexibility index (Phi) is 5.23. The van der Waals surface area contributed by atoms with Crippen molar-refractivity contribution in [1.29, 1.82) is 0 Å². The van der Waals surface area contributed by atoms with Crippen molar-refractivity contribution in [2.24, 2.45) is 5.92 Å². The molecule has 0 radical (unpaired) electrons. The summed E-state index contributed by atoms with van der Waals surface area (Å²) < 4.78 is 38.1. The Morgan fingerprint density at radius 2 is 2.17 bits per heavy atom. The lowest BCUT2D eigenvalue weighted by Gasteiger charge is -2.20. The number of amides is 1. The Bertz CT molecular complexity index is 557. The summed E-state index contributed by atoms with van der Waals surface area (Å²) >= 11 is 0. The third-order valence-corrected chi connectivity index (χ3v) is 4.26. The van der Waals surface area contributed by atoms with Crippen molar-refractivity contribution in [2.45, 2.75) is 37.8 Å². The zero-order chi connectivity index (χ0) is 16.2. The lowest BCUT2D eigenvalue weighted by molar-refractivity contribution is -0.127. The van der Waals surface area contributed by atoms with E-state index < -0.39 is 17.7 Å². The second kappa shape index (κ2) is 7.36. The Morgan fingerprint density at radius 1 is 1.35 bits per heavy atom. The van der Waals surface area contributed by atoms with Crippen LogP contribution in [0.25, 0.3) is 0 Å². The van der Waals surface area contributed by atoms with Crippen molar-refractivity contribution in [2.75, 3.05) is 19.8 Å². The summed E-state index contributed by atoms with van der Waals surface area (Å²) in [7, 11) is 0.